The van der Waals surface area contributed by atoms with Gasteiger partial charge in [-0.2, -0.15) is 0 Å². The van der Waals surface area contributed by atoms with E-state index in [1.165, 1.54) is 11.3 Å². The number of ether oxygens (including phenoxy) is 1. The van der Waals surface area contributed by atoms with E-state index in [0.29, 0.717) is 24.6 Å². The third kappa shape index (κ3) is 8.80. The van der Waals surface area contributed by atoms with Crippen LogP contribution in [0.25, 0.3) is 0 Å². The van der Waals surface area contributed by atoms with Crippen LogP contribution >= 0.6 is 0 Å². The molecule has 9 heteroatoms. The minimum Gasteiger partial charge on any atom is -0.460 e. The van der Waals surface area contributed by atoms with Gasteiger partial charge in [-0.25, -0.2) is 15.0 Å². The molecule has 9 nitrogen and oxygen atoms in total. The number of piperidine rings is 1. The standard InChI is InChI=1S/C36H48N6O3/c1-5-30-33(38-23-28(35(44)45-36(2,3)4)22-29(43)15-13-25-10-7-6-8-11-25)39-24-40-34(30)42-20-17-26(18-21-42)31-16-14-27-12-9-19-37-32(27)41-31/h6-8,10-11,14,16,24,26,28H,5,9,12-13,15,17-23H2,1-4H3,(H,37,41)(H,38,39,40)/t28-/m0/s1. The van der Waals surface area contributed by atoms with Crippen molar-refractivity contribution in [3.63, 3.8) is 0 Å². The first-order valence-corrected chi connectivity index (χ1v) is 16.5. The number of benzene rings is 1. The van der Waals surface area contributed by atoms with Gasteiger partial charge in [-0.05, 0) is 76.5 Å². The molecule has 240 valence electrons. The Balaban J connectivity index is 1.23. The van der Waals surface area contributed by atoms with Gasteiger partial charge in [-0.3, -0.25) is 9.59 Å². The number of pyridine rings is 1. The Morgan fingerprint density at radius 1 is 1.09 bits per heavy atom. The highest BCUT2D eigenvalue weighted by Gasteiger charge is 2.29. The van der Waals surface area contributed by atoms with E-state index in [0.717, 1.165) is 74.5 Å². The summed E-state index contributed by atoms with van der Waals surface area (Å²) in [4.78, 5) is 42.8. The first-order valence-electron chi connectivity index (χ1n) is 16.5. The largest absolute Gasteiger partial charge is 0.460 e. The number of ketones is 1. The van der Waals surface area contributed by atoms with Crippen LogP contribution in [0.15, 0.2) is 48.8 Å². The fraction of sp³-hybridized carbons (Fsp3) is 0.528. The van der Waals surface area contributed by atoms with Gasteiger partial charge < -0.3 is 20.3 Å². The number of carbonyl (C=O) groups excluding carboxylic acids is 2. The van der Waals surface area contributed by atoms with Gasteiger partial charge in [-0.15, -0.1) is 0 Å². The highest BCUT2D eigenvalue weighted by atomic mass is 16.6. The number of esters is 1. The van der Waals surface area contributed by atoms with Crippen LogP contribution in [0.3, 0.4) is 0 Å². The molecule has 0 aliphatic carbocycles. The molecule has 1 saturated heterocycles. The maximum absolute atomic E-state index is 13.2. The molecule has 0 unspecified atom stereocenters. The number of hydrogen-bond donors (Lipinski definition) is 2. The predicted molar refractivity (Wildman–Crippen MR) is 179 cm³/mol. The molecule has 3 aromatic rings. The van der Waals surface area contributed by atoms with Crippen LogP contribution in [0, 0.1) is 5.92 Å². The van der Waals surface area contributed by atoms with Crippen molar-refractivity contribution < 1.29 is 14.3 Å². The molecule has 0 amide bonds. The van der Waals surface area contributed by atoms with E-state index < -0.39 is 11.5 Å². The Hall–Kier alpha value is -4.01. The van der Waals surface area contributed by atoms with E-state index in [-0.39, 0.29) is 24.7 Å². The summed E-state index contributed by atoms with van der Waals surface area (Å²) in [5.41, 5.74) is 3.98. The average Bonchev–Trinajstić information content (AvgIpc) is 3.05. The first-order chi connectivity index (χ1) is 21.7. The molecule has 2 aliphatic heterocycles. The van der Waals surface area contributed by atoms with Crippen molar-refractivity contribution in [1.29, 1.82) is 0 Å². The lowest BCUT2D eigenvalue weighted by molar-refractivity contribution is -0.160. The summed E-state index contributed by atoms with van der Waals surface area (Å²) >= 11 is 0. The van der Waals surface area contributed by atoms with Crippen molar-refractivity contribution in [3.05, 3.63) is 71.2 Å². The third-order valence-corrected chi connectivity index (χ3v) is 8.67. The Morgan fingerprint density at radius 3 is 2.60 bits per heavy atom. The Morgan fingerprint density at radius 2 is 1.87 bits per heavy atom. The lowest BCUT2D eigenvalue weighted by atomic mass is 9.92. The second-order valence-corrected chi connectivity index (χ2v) is 13.3. The zero-order chi connectivity index (χ0) is 31.8. The number of nitrogens with zero attached hydrogens (tertiary/aromatic N) is 4. The van der Waals surface area contributed by atoms with Crippen molar-refractivity contribution in [2.75, 3.05) is 41.7 Å². The van der Waals surface area contributed by atoms with Crippen LogP contribution < -0.4 is 15.5 Å². The zero-order valence-electron chi connectivity index (χ0n) is 27.3. The summed E-state index contributed by atoms with van der Waals surface area (Å²) in [5, 5.41) is 6.87. The molecule has 0 saturated carbocycles. The van der Waals surface area contributed by atoms with E-state index in [1.807, 2.05) is 51.1 Å². The van der Waals surface area contributed by atoms with Crippen molar-refractivity contribution in [2.24, 2.45) is 5.92 Å². The summed E-state index contributed by atoms with van der Waals surface area (Å²) < 4.78 is 5.72. The Bertz CT molecular complexity index is 1450. The van der Waals surface area contributed by atoms with E-state index in [4.69, 9.17) is 14.7 Å². The van der Waals surface area contributed by atoms with Gasteiger partial charge in [0.15, 0.2) is 0 Å². The second-order valence-electron chi connectivity index (χ2n) is 13.3. The molecule has 0 spiro atoms. The number of Topliss-reactive ketones (excluding diaryl/α,β-unsaturated/α-hetero) is 1. The molecule has 2 aliphatic rings. The van der Waals surface area contributed by atoms with Crippen molar-refractivity contribution >= 4 is 29.2 Å². The molecule has 0 radical (unpaired) electrons. The van der Waals surface area contributed by atoms with Crippen LogP contribution in [0.5, 0.6) is 0 Å². The number of fused-ring (bicyclic) bond motifs is 1. The normalized spacial score (nSPS) is 16.0. The zero-order valence-corrected chi connectivity index (χ0v) is 27.3. The number of aryl methyl sites for hydroxylation is 2. The van der Waals surface area contributed by atoms with Gasteiger partial charge in [0.1, 0.15) is 35.2 Å². The molecule has 0 bridgehead atoms. The lowest BCUT2D eigenvalue weighted by Crippen LogP contribution is -2.35. The Labute approximate surface area is 267 Å². The monoisotopic (exact) mass is 612 g/mol. The van der Waals surface area contributed by atoms with E-state index >= 15 is 0 Å². The second kappa shape index (κ2) is 14.8. The highest BCUT2D eigenvalue weighted by Crippen LogP contribution is 2.33. The molecule has 4 heterocycles. The van der Waals surface area contributed by atoms with Gasteiger partial charge in [0.05, 0.1) is 5.92 Å². The fourth-order valence-corrected chi connectivity index (χ4v) is 6.26. The summed E-state index contributed by atoms with van der Waals surface area (Å²) in [6.45, 7) is 10.7. The first kappa shape index (κ1) is 32.4. The van der Waals surface area contributed by atoms with Crippen LogP contribution in [0.2, 0.25) is 0 Å². The predicted octanol–water partition coefficient (Wildman–Crippen LogP) is 6.14. The van der Waals surface area contributed by atoms with Crippen LogP contribution in [-0.2, 0) is 33.6 Å². The van der Waals surface area contributed by atoms with Gasteiger partial charge in [0.2, 0.25) is 0 Å². The van der Waals surface area contributed by atoms with Gasteiger partial charge >= 0.3 is 5.97 Å². The summed E-state index contributed by atoms with van der Waals surface area (Å²) in [5.74, 6) is 2.17. The van der Waals surface area contributed by atoms with Crippen LogP contribution in [0.1, 0.15) is 88.1 Å². The summed E-state index contributed by atoms with van der Waals surface area (Å²) in [7, 11) is 0. The smallest absolute Gasteiger partial charge is 0.311 e. The number of carbonyl (C=O) groups is 2. The van der Waals surface area contributed by atoms with Gasteiger partial charge in [-0.1, -0.05) is 43.3 Å². The molecular weight excluding hydrogens is 564 g/mol. The van der Waals surface area contributed by atoms with Crippen molar-refractivity contribution in [3.8, 4) is 0 Å². The minimum atomic E-state index is -0.643. The number of rotatable bonds is 12. The number of anilines is 3. The molecule has 1 fully saturated rings. The molecule has 1 aromatic carbocycles. The molecule has 45 heavy (non-hydrogen) atoms. The van der Waals surface area contributed by atoms with E-state index in [9.17, 15) is 9.59 Å². The topological polar surface area (TPSA) is 109 Å². The Kier molecular flexibility index (Phi) is 10.7. The number of hydrogen-bond acceptors (Lipinski definition) is 9. The number of nitrogens with one attached hydrogen (secondary N) is 2. The molecule has 2 N–H and O–H groups in total. The van der Waals surface area contributed by atoms with Crippen molar-refractivity contribution in [2.45, 2.75) is 90.6 Å². The lowest BCUT2D eigenvalue weighted by Gasteiger charge is -2.34. The summed E-state index contributed by atoms with van der Waals surface area (Å²) in [6.07, 6.45) is 7.76. The van der Waals surface area contributed by atoms with Gasteiger partial charge in [0, 0.05) is 56.2 Å². The van der Waals surface area contributed by atoms with E-state index in [1.54, 1.807) is 6.33 Å². The molecular formula is C36H48N6O3. The molecule has 1 atom stereocenters. The van der Waals surface area contributed by atoms with Gasteiger partial charge in [0.25, 0.3) is 0 Å². The van der Waals surface area contributed by atoms with Crippen LogP contribution in [0.4, 0.5) is 17.5 Å². The van der Waals surface area contributed by atoms with Crippen LogP contribution in [-0.4, -0.2) is 58.5 Å². The fourth-order valence-electron chi connectivity index (χ4n) is 6.26. The SMILES string of the molecule is CCc1c(NC[C@H](CC(=O)CCc2ccccc2)C(=O)OC(C)(C)C)ncnc1N1CCC(c2ccc3c(n2)NCCC3)CC1. The van der Waals surface area contributed by atoms with E-state index in [2.05, 4.69) is 39.6 Å². The summed E-state index contributed by atoms with van der Waals surface area (Å²) in [6, 6.07) is 14.4. The minimum absolute atomic E-state index is 0.0441. The third-order valence-electron chi connectivity index (χ3n) is 8.67. The average molecular weight is 613 g/mol. The number of aromatic nitrogens is 3. The maximum Gasteiger partial charge on any atom is 0.311 e. The quantitative estimate of drug-likeness (QED) is 0.233. The van der Waals surface area contributed by atoms with Crippen molar-refractivity contribution in [1.82, 2.24) is 15.0 Å². The molecule has 2 aromatic heterocycles. The maximum atomic E-state index is 13.2. The highest BCUT2D eigenvalue weighted by molar-refractivity contribution is 5.85. The molecule has 5 rings (SSSR count).